The van der Waals surface area contributed by atoms with E-state index in [0.717, 1.165) is 26.4 Å². The fourth-order valence-electron chi connectivity index (χ4n) is 3.97. The van der Waals surface area contributed by atoms with Crippen molar-refractivity contribution in [2.24, 2.45) is 0 Å². The van der Waals surface area contributed by atoms with Gasteiger partial charge in [-0.25, -0.2) is 4.39 Å². The summed E-state index contributed by atoms with van der Waals surface area (Å²) in [5, 5.41) is 40.1. The molecule has 0 amide bonds. The van der Waals surface area contributed by atoms with Gasteiger partial charge in [0.05, 0.1) is 6.00 Å². The molecule has 0 saturated carbocycles. The summed E-state index contributed by atoms with van der Waals surface area (Å²) in [6, 6.07) is 15.3. The van der Waals surface area contributed by atoms with Crippen LogP contribution in [-0.4, -0.2) is 58.5 Å². The van der Waals surface area contributed by atoms with Crippen molar-refractivity contribution in [3.8, 4) is 10.4 Å². The van der Waals surface area contributed by atoms with E-state index in [1.165, 1.54) is 19.4 Å². The summed E-state index contributed by atoms with van der Waals surface area (Å²) in [5.41, 5.74) is 3.78. The number of halogens is 1. The molecule has 0 spiro atoms. The fraction of sp³-hybridized carbons (Fsp3) is 0.333. The maximum absolute atomic E-state index is 13.2. The lowest BCUT2D eigenvalue weighted by Gasteiger charge is -2.41. The van der Waals surface area contributed by atoms with Crippen molar-refractivity contribution in [2.75, 3.05) is 6.51 Å². The second kappa shape index (κ2) is 9.83. The van der Waals surface area contributed by atoms with Crippen molar-refractivity contribution in [1.82, 2.24) is 0 Å². The van der Waals surface area contributed by atoms with Crippen LogP contribution in [0.5, 0.6) is 0 Å². The summed E-state index contributed by atoms with van der Waals surface area (Å²) >= 11 is 1.64. The van der Waals surface area contributed by atoms with Gasteiger partial charge < -0.3 is 25.2 Å². The molecule has 1 aliphatic heterocycles. The molecule has 5 nitrogen and oxygen atoms in total. The van der Waals surface area contributed by atoms with Crippen molar-refractivity contribution in [2.45, 2.75) is 43.8 Å². The zero-order valence-corrected chi connectivity index (χ0v) is 18.4. The molecule has 3 aromatic rings. The average molecular weight is 455 g/mol. The Bertz CT molecular complexity index is 1060. The first-order chi connectivity index (χ1) is 15.4. The van der Waals surface area contributed by atoms with Crippen LogP contribution in [0, 0.1) is 12.7 Å². The van der Waals surface area contributed by atoms with E-state index in [1.807, 2.05) is 37.3 Å². The number of benzene rings is 2. The van der Waals surface area contributed by atoms with Gasteiger partial charge in [-0.2, -0.15) is 0 Å². The molecule has 32 heavy (non-hydrogen) atoms. The highest BCUT2D eigenvalue weighted by atomic mass is 32.1. The number of aliphatic hydroxyl groups excluding tert-OH is 4. The summed E-state index contributed by atoms with van der Waals surface area (Å²) in [6.07, 6.45) is -4.16. The SMILES string of the molecule is Cc1ccc(C2OC([B]CO)[C@@H](O)C(O)[C@H]2O)cc1Cc1ccc(-c2ccc(F)cc2)s1. The molecular formula is C24H25BFO5S. The Hall–Kier alpha value is -2.07. The van der Waals surface area contributed by atoms with E-state index in [9.17, 15) is 24.8 Å². The van der Waals surface area contributed by atoms with Gasteiger partial charge in [-0.1, -0.05) is 30.3 Å². The summed E-state index contributed by atoms with van der Waals surface area (Å²) in [7, 11) is 1.37. The molecule has 0 bridgehead atoms. The third-order valence-corrected chi connectivity index (χ3v) is 6.98. The molecule has 5 atom stereocenters. The monoisotopic (exact) mass is 455 g/mol. The minimum atomic E-state index is -1.39. The number of hydrogen-bond acceptors (Lipinski definition) is 6. The van der Waals surface area contributed by atoms with E-state index >= 15 is 0 Å². The number of ether oxygens (including phenoxy) is 1. The molecule has 1 fully saturated rings. The maximum atomic E-state index is 13.2. The molecule has 3 unspecified atom stereocenters. The highest BCUT2D eigenvalue weighted by molar-refractivity contribution is 7.15. The Balaban J connectivity index is 1.56. The van der Waals surface area contributed by atoms with Gasteiger partial charge in [-0.15, -0.1) is 11.3 Å². The molecular weight excluding hydrogens is 430 g/mol. The Labute approximate surface area is 191 Å². The molecule has 1 aromatic heterocycles. The summed E-state index contributed by atoms with van der Waals surface area (Å²) in [5.74, 6) is -0.262. The van der Waals surface area contributed by atoms with Gasteiger partial charge in [-0.3, -0.25) is 0 Å². The molecule has 1 saturated heterocycles. The van der Waals surface area contributed by atoms with E-state index in [0.29, 0.717) is 12.0 Å². The zero-order chi connectivity index (χ0) is 22.8. The molecule has 1 aliphatic rings. The zero-order valence-electron chi connectivity index (χ0n) is 17.6. The first-order valence-corrected chi connectivity index (χ1v) is 11.3. The van der Waals surface area contributed by atoms with E-state index in [2.05, 4.69) is 0 Å². The summed E-state index contributed by atoms with van der Waals surface area (Å²) < 4.78 is 19.0. The Kier molecular flexibility index (Phi) is 7.10. The molecule has 167 valence electrons. The van der Waals surface area contributed by atoms with Crippen LogP contribution in [0.1, 0.15) is 27.7 Å². The van der Waals surface area contributed by atoms with Crippen molar-refractivity contribution < 1.29 is 29.6 Å². The Morgan fingerprint density at radius 1 is 0.969 bits per heavy atom. The lowest BCUT2D eigenvalue weighted by Crippen LogP contribution is -2.56. The number of aliphatic hydroxyl groups is 4. The predicted molar refractivity (Wildman–Crippen MR) is 122 cm³/mol. The molecule has 4 rings (SSSR count). The molecule has 2 aromatic carbocycles. The highest BCUT2D eigenvalue weighted by Gasteiger charge is 2.43. The predicted octanol–water partition coefficient (Wildman–Crippen LogP) is 2.59. The number of hydrogen-bond donors (Lipinski definition) is 4. The minimum absolute atomic E-state index is 0.262. The summed E-state index contributed by atoms with van der Waals surface area (Å²) in [4.78, 5) is 2.19. The van der Waals surface area contributed by atoms with Crippen molar-refractivity contribution in [3.63, 3.8) is 0 Å². The lowest BCUT2D eigenvalue weighted by molar-refractivity contribution is -0.203. The van der Waals surface area contributed by atoms with Crippen LogP contribution in [-0.2, 0) is 11.2 Å². The second-order valence-corrected chi connectivity index (χ2v) is 9.22. The van der Waals surface area contributed by atoms with E-state index in [4.69, 9.17) is 4.74 Å². The molecule has 0 aliphatic carbocycles. The number of thiophene rings is 1. The van der Waals surface area contributed by atoms with Crippen LogP contribution < -0.4 is 0 Å². The topological polar surface area (TPSA) is 90.2 Å². The van der Waals surface area contributed by atoms with Gasteiger partial charge in [0.25, 0.3) is 0 Å². The lowest BCUT2D eigenvalue weighted by atomic mass is 9.67. The molecule has 4 N–H and O–H groups in total. The van der Waals surface area contributed by atoms with Crippen LogP contribution in [0.3, 0.4) is 0 Å². The second-order valence-electron chi connectivity index (χ2n) is 8.05. The van der Waals surface area contributed by atoms with Crippen molar-refractivity contribution in [1.29, 1.82) is 0 Å². The smallest absolute Gasteiger partial charge is 0.187 e. The van der Waals surface area contributed by atoms with Gasteiger partial charge in [-0.05, 0) is 53.4 Å². The van der Waals surface area contributed by atoms with Gasteiger partial charge in [0.15, 0.2) is 7.28 Å². The fourth-order valence-corrected chi connectivity index (χ4v) is 5.01. The van der Waals surface area contributed by atoms with Gasteiger partial charge in [0.1, 0.15) is 30.2 Å². The van der Waals surface area contributed by atoms with E-state index < -0.39 is 30.4 Å². The Morgan fingerprint density at radius 2 is 1.72 bits per heavy atom. The van der Waals surface area contributed by atoms with Crippen LogP contribution in [0.15, 0.2) is 54.6 Å². The van der Waals surface area contributed by atoms with Gasteiger partial charge >= 0.3 is 0 Å². The van der Waals surface area contributed by atoms with Crippen molar-refractivity contribution in [3.05, 3.63) is 82.0 Å². The highest BCUT2D eigenvalue weighted by Crippen LogP contribution is 2.34. The standard InChI is InChI=1S/C24H25BFO5S/c1-13-2-3-15(23-21(29)20(28)22(30)24(31-23)25-12-27)10-16(13)11-18-8-9-19(32-18)14-4-6-17(26)7-5-14/h2-10,20-24,27-30H,11-12H2,1H3/t20?,21-,22+,23?,24?/m1/s1. The number of aryl methyl sites for hydroxylation is 1. The number of rotatable bonds is 6. The van der Waals surface area contributed by atoms with Gasteiger partial charge in [0.2, 0.25) is 0 Å². The summed E-state index contributed by atoms with van der Waals surface area (Å²) in [6.45, 7) is 1.69. The first-order valence-electron chi connectivity index (χ1n) is 10.5. The van der Waals surface area contributed by atoms with Crippen LogP contribution in [0.2, 0.25) is 0 Å². The first kappa shape index (κ1) is 23.1. The van der Waals surface area contributed by atoms with E-state index in [1.54, 1.807) is 23.5 Å². The van der Waals surface area contributed by atoms with Gasteiger partial charge in [0, 0.05) is 22.7 Å². The third kappa shape index (κ3) is 4.81. The van der Waals surface area contributed by atoms with Crippen LogP contribution in [0.4, 0.5) is 4.39 Å². The largest absolute Gasteiger partial charge is 0.405 e. The van der Waals surface area contributed by atoms with E-state index in [-0.39, 0.29) is 12.3 Å². The maximum Gasteiger partial charge on any atom is 0.187 e. The molecule has 1 radical (unpaired) electrons. The quantitative estimate of drug-likeness (QED) is 0.429. The Morgan fingerprint density at radius 3 is 2.44 bits per heavy atom. The van der Waals surface area contributed by atoms with Crippen LogP contribution >= 0.6 is 11.3 Å². The average Bonchev–Trinajstić information content (AvgIpc) is 3.25. The molecule has 2 heterocycles. The third-order valence-electron chi connectivity index (χ3n) is 5.84. The van der Waals surface area contributed by atoms with Crippen LogP contribution in [0.25, 0.3) is 10.4 Å². The minimum Gasteiger partial charge on any atom is -0.405 e. The molecule has 8 heteroatoms. The van der Waals surface area contributed by atoms with Crippen molar-refractivity contribution >= 4 is 18.6 Å². The normalized spacial score (nSPS) is 25.6.